The molecule has 0 rings (SSSR count). The molecule has 0 aliphatic carbocycles. The molecule has 78 valence electrons. The van der Waals surface area contributed by atoms with Crippen LogP contribution in [0.15, 0.2) is 0 Å². The fourth-order valence-corrected chi connectivity index (χ4v) is 1.19. The molecule has 1 amide bonds. The van der Waals surface area contributed by atoms with E-state index in [1.165, 1.54) is 0 Å². The number of aliphatic hydroxyl groups is 1. The minimum absolute atomic E-state index is 0.113. The Labute approximate surface area is 80.5 Å². The van der Waals surface area contributed by atoms with Gasteiger partial charge in [0, 0.05) is 19.1 Å². The summed E-state index contributed by atoms with van der Waals surface area (Å²) >= 11 is 0. The molecule has 0 unspecified atom stereocenters. The van der Waals surface area contributed by atoms with Crippen molar-refractivity contribution in [2.24, 2.45) is 0 Å². The quantitative estimate of drug-likeness (QED) is 0.593. The third kappa shape index (κ3) is 6.58. The third-order valence-electron chi connectivity index (χ3n) is 2.16. The van der Waals surface area contributed by atoms with Gasteiger partial charge in [-0.15, -0.1) is 0 Å². The van der Waals surface area contributed by atoms with E-state index in [4.69, 9.17) is 5.11 Å². The predicted molar refractivity (Wildman–Crippen MR) is 53.4 cm³/mol. The van der Waals surface area contributed by atoms with Crippen LogP contribution in [0.5, 0.6) is 0 Å². The normalized spacial score (nSPS) is 10.5. The van der Waals surface area contributed by atoms with Crippen molar-refractivity contribution in [3.8, 4) is 0 Å². The molecule has 0 saturated carbocycles. The summed E-state index contributed by atoms with van der Waals surface area (Å²) in [6.07, 6.45) is 4.01. The second kappa shape index (κ2) is 8.05. The van der Waals surface area contributed by atoms with E-state index in [2.05, 4.69) is 19.2 Å². The maximum atomic E-state index is 11.3. The third-order valence-corrected chi connectivity index (χ3v) is 2.16. The molecule has 3 heteroatoms. The van der Waals surface area contributed by atoms with Crippen LogP contribution in [0.25, 0.3) is 0 Å². The number of carbonyl (C=O) groups excluding carboxylic acids is 1. The summed E-state index contributed by atoms with van der Waals surface area (Å²) in [5, 5.41) is 11.5. The summed E-state index contributed by atoms with van der Waals surface area (Å²) in [5.74, 6) is 0.113. The van der Waals surface area contributed by atoms with Crippen LogP contribution in [0.1, 0.15) is 46.0 Å². The highest BCUT2D eigenvalue weighted by Crippen LogP contribution is 1.99. The van der Waals surface area contributed by atoms with Gasteiger partial charge in [0.2, 0.25) is 5.91 Å². The highest BCUT2D eigenvalue weighted by Gasteiger charge is 2.06. The van der Waals surface area contributed by atoms with Gasteiger partial charge >= 0.3 is 0 Å². The Morgan fingerprint density at radius 3 is 2.38 bits per heavy atom. The van der Waals surface area contributed by atoms with Crippen LogP contribution in [0.2, 0.25) is 0 Å². The van der Waals surface area contributed by atoms with Gasteiger partial charge in [-0.2, -0.15) is 0 Å². The first kappa shape index (κ1) is 12.4. The van der Waals surface area contributed by atoms with Crippen molar-refractivity contribution in [2.75, 3.05) is 6.61 Å². The van der Waals surface area contributed by atoms with Crippen LogP contribution in [-0.2, 0) is 4.79 Å². The van der Waals surface area contributed by atoms with Crippen molar-refractivity contribution in [1.82, 2.24) is 5.32 Å². The van der Waals surface area contributed by atoms with Gasteiger partial charge in [-0.1, -0.05) is 13.8 Å². The van der Waals surface area contributed by atoms with Gasteiger partial charge in [-0.05, 0) is 25.7 Å². The Balaban J connectivity index is 3.48. The zero-order valence-corrected chi connectivity index (χ0v) is 8.68. The first-order chi connectivity index (χ1) is 6.24. The van der Waals surface area contributed by atoms with Crippen LogP contribution in [0.4, 0.5) is 0 Å². The minimum Gasteiger partial charge on any atom is -0.396 e. The number of unbranched alkanes of at least 4 members (excludes halogenated alkanes) is 1. The van der Waals surface area contributed by atoms with Crippen LogP contribution in [0, 0.1) is 0 Å². The number of rotatable bonds is 7. The molecule has 0 aromatic heterocycles. The van der Waals surface area contributed by atoms with E-state index in [9.17, 15) is 4.79 Å². The zero-order valence-electron chi connectivity index (χ0n) is 8.68. The number of carbonyl (C=O) groups is 1. The number of aliphatic hydroxyl groups excluding tert-OH is 1. The van der Waals surface area contributed by atoms with Crippen LogP contribution < -0.4 is 5.32 Å². The molecule has 0 fully saturated rings. The molecule has 0 aromatic carbocycles. The van der Waals surface area contributed by atoms with E-state index >= 15 is 0 Å². The average molecular weight is 187 g/mol. The Morgan fingerprint density at radius 1 is 1.31 bits per heavy atom. The molecule has 0 aliphatic heterocycles. The first-order valence-corrected chi connectivity index (χ1v) is 5.14. The Kier molecular flexibility index (Phi) is 7.69. The molecule has 0 aliphatic rings. The Bertz CT molecular complexity index is 133. The number of nitrogens with one attached hydrogen (secondary N) is 1. The second-order valence-electron chi connectivity index (χ2n) is 3.26. The summed E-state index contributed by atoms with van der Waals surface area (Å²) in [6, 6.07) is 0.321. The average Bonchev–Trinajstić information content (AvgIpc) is 2.14. The zero-order chi connectivity index (χ0) is 10.1. The van der Waals surface area contributed by atoms with Crippen molar-refractivity contribution in [3.05, 3.63) is 0 Å². The number of hydrogen-bond donors (Lipinski definition) is 2. The summed E-state index contributed by atoms with van der Waals surface area (Å²) in [4.78, 5) is 11.3. The van der Waals surface area contributed by atoms with Gasteiger partial charge in [0.1, 0.15) is 0 Å². The lowest BCUT2D eigenvalue weighted by atomic mass is 10.1. The highest BCUT2D eigenvalue weighted by atomic mass is 16.2. The van der Waals surface area contributed by atoms with E-state index in [0.717, 1.165) is 25.7 Å². The summed E-state index contributed by atoms with van der Waals surface area (Å²) in [5.41, 5.74) is 0. The minimum atomic E-state index is 0.113. The maximum absolute atomic E-state index is 11.3. The first-order valence-electron chi connectivity index (χ1n) is 5.14. The molecule has 0 radical (unpaired) electrons. The van der Waals surface area contributed by atoms with Crippen molar-refractivity contribution >= 4 is 5.91 Å². The van der Waals surface area contributed by atoms with Crippen LogP contribution >= 0.6 is 0 Å². The van der Waals surface area contributed by atoms with Crippen molar-refractivity contribution in [3.63, 3.8) is 0 Å². The molecular formula is C10H21NO2. The summed E-state index contributed by atoms with van der Waals surface area (Å²) in [7, 11) is 0. The molecule has 0 spiro atoms. The smallest absolute Gasteiger partial charge is 0.220 e. The predicted octanol–water partition coefficient (Wildman–Crippen LogP) is 1.45. The molecular weight excluding hydrogens is 166 g/mol. The van der Waals surface area contributed by atoms with Gasteiger partial charge in [0.15, 0.2) is 0 Å². The molecule has 2 N–H and O–H groups in total. The maximum Gasteiger partial charge on any atom is 0.220 e. The molecule has 0 heterocycles. The molecule has 13 heavy (non-hydrogen) atoms. The van der Waals surface area contributed by atoms with E-state index < -0.39 is 0 Å². The van der Waals surface area contributed by atoms with Gasteiger partial charge in [0.05, 0.1) is 0 Å². The van der Waals surface area contributed by atoms with Gasteiger partial charge in [0.25, 0.3) is 0 Å². The number of hydrogen-bond acceptors (Lipinski definition) is 2. The lowest BCUT2D eigenvalue weighted by Crippen LogP contribution is -2.33. The van der Waals surface area contributed by atoms with Gasteiger partial charge in [-0.25, -0.2) is 0 Å². The van der Waals surface area contributed by atoms with E-state index in [1.54, 1.807) is 0 Å². The summed E-state index contributed by atoms with van der Waals surface area (Å²) in [6.45, 7) is 4.32. The fraction of sp³-hybridized carbons (Fsp3) is 0.900. The van der Waals surface area contributed by atoms with Crippen LogP contribution in [0.3, 0.4) is 0 Å². The van der Waals surface area contributed by atoms with Crippen LogP contribution in [-0.4, -0.2) is 23.7 Å². The van der Waals surface area contributed by atoms with Gasteiger partial charge in [-0.3, -0.25) is 4.79 Å². The Morgan fingerprint density at radius 2 is 1.92 bits per heavy atom. The highest BCUT2D eigenvalue weighted by molar-refractivity contribution is 5.76. The molecule has 0 aromatic rings. The fourth-order valence-electron chi connectivity index (χ4n) is 1.19. The number of amides is 1. The molecule has 0 atom stereocenters. The standard InChI is InChI=1S/C10H21NO2/c1-3-9(4-2)11-10(13)7-5-6-8-12/h9,12H,3-8H2,1-2H3,(H,11,13). The van der Waals surface area contributed by atoms with Gasteiger partial charge < -0.3 is 10.4 Å². The lowest BCUT2D eigenvalue weighted by Gasteiger charge is -2.14. The molecule has 0 saturated heterocycles. The van der Waals surface area contributed by atoms with E-state index in [-0.39, 0.29) is 12.5 Å². The SMILES string of the molecule is CCC(CC)NC(=O)CCCCO. The second-order valence-corrected chi connectivity index (χ2v) is 3.26. The van der Waals surface area contributed by atoms with Crippen molar-refractivity contribution in [2.45, 2.75) is 52.0 Å². The van der Waals surface area contributed by atoms with Crippen molar-refractivity contribution < 1.29 is 9.90 Å². The van der Waals surface area contributed by atoms with E-state index in [0.29, 0.717) is 12.5 Å². The van der Waals surface area contributed by atoms with E-state index in [1.807, 2.05) is 0 Å². The molecule has 0 bridgehead atoms. The van der Waals surface area contributed by atoms with Crippen molar-refractivity contribution in [1.29, 1.82) is 0 Å². The summed E-state index contributed by atoms with van der Waals surface area (Å²) < 4.78 is 0. The monoisotopic (exact) mass is 187 g/mol. The molecule has 3 nitrogen and oxygen atoms in total. The largest absolute Gasteiger partial charge is 0.396 e. The topological polar surface area (TPSA) is 49.3 Å². The lowest BCUT2D eigenvalue weighted by molar-refractivity contribution is -0.122. The Hall–Kier alpha value is -0.570.